The molecular weight excluding hydrogens is 266 g/mol. The molecule has 2 heterocycles. The number of aromatic nitrogens is 1. The molecule has 0 bridgehead atoms. The Balaban J connectivity index is 2.16. The Morgan fingerprint density at radius 1 is 1.45 bits per heavy atom. The summed E-state index contributed by atoms with van der Waals surface area (Å²) in [5, 5.41) is 5.05. The van der Waals surface area contributed by atoms with Crippen molar-refractivity contribution in [3.63, 3.8) is 0 Å². The summed E-state index contributed by atoms with van der Waals surface area (Å²) in [6.07, 6.45) is 5.53. The van der Waals surface area contributed by atoms with Gasteiger partial charge in [-0.15, -0.1) is 11.3 Å². The first-order valence-electron chi connectivity index (χ1n) is 8.00. The number of aryl methyl sites for hydroxylation is 1. The van der Waals surface area contributed by atoms with Crippen molar-refractivity contribution < 1.29 is 0 Å². The van der Waals surface area contributed by atoms with E-state index in [4.69, 9.17) is 0 Å². The van der Waals surface area contributed by atoms with Gasteiger partial charge in [0.25, 0.3) is 0 Å². The fourth-order valence-corrected chi connectivity index (χ4v) is 4.04. The van der Waals surface area contributed by atoms with Gasteiger partial charge in [0.15, 0.2) is 0 Å². The van der Waals surface area contributed by atoms with Crippen molar-refractivity contribution in [2.45, 2.75) is 71.5 Å². The highest BCUT2D eigenvalue weighted by Crippen LogP contribution is 2.32. The summed E-state index contributed by atoms with van der Waals surface area (Å²) in [6.45, 7) is 13.7. The van der Waals surface area contributed by atoms with E-state index in [1.54, 1.807) is 0 Å². The second-order valence-corrected chi connectivity index (χ2v) is 7.23. The highest BCUT2D eigenvalue weighted by Gasteiger charge is 2.37. The van der Waals surface area contributed by atoms with E-state index in [-0.39, 0.29) is 5.54 Å². The smallest absolute Gasteiger partial charge is 0.110 e. The number of nitrogens with one attached hydrogen (secondary N) is 1. The molecule has 1 N–H and O–H groups in total. The van der Waals surface area contributed by atoms with Crippen molar-refractivity contribution in [1.82, 2.24) is 15.2 Å². The Labute approximate surface area is 127 Å². The molecule has 1 saturated heterocycles. The van der Waals surface area contributed by atoms with Crippen LogP contribution in [0.25, 0.3) is 0 Å². The second-order valence-electron chi connectivity index (χ2n) is 6.08. The molecule has 1 fully saturated rings. The van der Waals surface area contributed by atoms with Gasteiger partial charge in [-0.3, -0.25) is 4.90 Å². The molecule has 4 heteroatoms. The van der Waals surface area contributed by atoms with Crippen LogP contribution >= 0.6 is 11.3 Å². The van der Waals surface area contributed by atoms with E-state index in [1.165, 1.54) is 22.7 Å². The maximum Gasteiger partial charge on any atom is 0.110 e. The Hall–Kier alpha value is -0.450. The molecule has 0 spiro atoms. The molecule has 2 atom stereocenters. The Morgan fingerprint density at radius 2 is 2.15 bits per heavy atom. The monoisotopic (exact) mass is 295 g/mol. The molecule has 20 heavy (non-hydrogen) atoms. The van der Waals surface area contributed by atoms with Gasteiger partial charge in [0.05, 0.1) is 6.04 Å². The van der Waals surface area contributed by atoms with Crippen molar-refractivity contribution in [3.05, 3.63) is 16.1 Å². The van der Waals surface area contributed by atoms with Crippen LogP contribution in [0.3, 0.4) is 0 Å². The molecule has 2 unspecified atom stereocenters. The molecule has 1 aliphatic heterocycles. The zero-order valence-electron chi connectivity index (χ0n) is 13.6. The molecule has 0 amide bonds. The summed E-state index contributed by atoms with van der Waals surface area (Å²) in [5.74, 6) is 0. The standard InChI is InChI=1S/C16H29N3S/c1-6-14-10-17-15(20-14)13(5)19-11-16(7-2,8-3)18-9-12(19)4/h10,12-13,18H,6-9,11H2,1-5H3. The van der Waals surface area contributed by atoms with Crippen LogP contribution in [0.15, 0.2) is 6.20 Å². The maximum absolute atomic E-state index is 4.65. The Kier molecular flexibility index (Phi) is 5.21. The summed E-state index contributed by atoms with van der Waals surface area (Å²) in [7, 11) is 0. The van der Waals surface area contributed by atoms with Crippen LogP contribution < -0.4 is 5.32 Å². The lowest BCUT2D eigenvalue weighted by atomic mass is 9.88. The fourth-order valence-electron chi connectivity index (χ4n) is 3.11. The zero-order valence-corrected chi connectivity index (χ0v) is 14.4. The lowest BCUT2D eigenvalue weighted by Gasteiger charge is -2.48. The predicted molar refractivity (Wildman–Crippen MR) is 87.4 cm³/mol. The molecule has 0 aliphatic carbocycles. The first-order chi connectivity index (χ1) is 9.55. The fraction of sp³-hybridized carbons (Fsp3) is 0.812. The van der Waals surface area contributed by atoms with E-state index in [2.05, 4.69) is 56.0 Å². The lowest BCUT2D eigenvalue weighted by molar-refractivity contribution is 0.0496. The number of hydrogen-bond acceptors (Lipinski definition) is 4. The van der Waals surface area contributed by atoms with Crippen LogP contribution in [-0.2, 0) is 6.42 Å². The minimum absolute atomic E-state index is 0.283. The normalized spacial score (nSPS) is 24.8. The molecule has 3 nitrogen and oxygen atoms in total. The second kappa shape index (κ2) is 6.54. The van der Waals surface area contributed by atoms with Crippen molar-refractivity contribution in [2.75, 3.05) is 13.1 Å². The van der Waals surface area contributed by atoms with E-state index < -0.39 is 0 Å². The largest absolute Gasteiger partial charge is 0.308 e. The van der Waals surface area contributed by atoms with Gasteiger partial charge in [-0.1, -0.05) is 20.8 Å². The van der Waals surface area contributed by atoms with Crippen molar-refractivity contribution in [3.8, 4) is 0 Å². The highest BCUT2D eigenvalue weighted by atomic mass is 32.1. The van der Waals surface area contributed by atoms with Crippen molar-refractivity contribution >= 4 is 11.3 Å². The highest BCUT2D eigenvalue weighted by molar-refractivity contribution is 7.11. The van der Waals surface area contributed by atoms with Gasteiger partial charge in [0.1, 0.15) is 5.01 Å². The summed E-state index contributed by atoms with van der Waals surface area (Å²) in [5.41, 5.74) is 0.283. The van der Waals surface area contributed by atoms with Crippen LogP contribution in [-0.4, -0.2) is 34.6 Å². The van der Waals surface area contributed by atoms with Crippen LogP contribution in [0.1, 0.15) is 63.4 Å². The van der Waals surface area contributed by atoms with Crippen LogP contribution in [0, 0.1) is 0 Å². The van der Waals surface area contributed by atoms with Gasteiger partial charge in [0.2, 0.25) is 0 Å². The van der Waals surface area contributed by atoms with Gasteiger partial charge in [-0.05, 0) is 33.1 Å². The molecule has 2 rings (SSSR count). The third-order valence-corrected chi connectivity index (χ3v) is 6.26. The minimum Gasteiger partial charge on any atom is -0.308 e. The summed E-state index contributed by atoms with van der Waals surface area (Å²) in [4.78, 5) is 8.69. The van der Waals surface area contributed by atoms with E-state index >= 15 is 0 Å². The molecule has 1 aliphatic rings. The SMILES string of the molecule is CCc1cnc(C(C)N2CC(CC)(CC)NCC2C)s1. The number of hydrogen-bond donors (Lipinski definition) is 1. The quantitative estimate of drug-likeness (QED) is 0.899. The third kappa shape index (κ3) is 3.07. The number of thiazole rings is 1. The van der Waals surface area contributed by atoms with Crippen molar-refractivity contribution in [1.29, 1.82) is 0 Å². The Morgan fingerprint density at radius 3 is 2.70 bits per heavy atom. The van der Waals surface area contributed by atoms with E-state index in [1.807, 2.05) is 11.3 Å². The minimum atomic E-state index is 0.283. The first kappa shape index (κ1) is 15.9. The first-order valence-corrected chi connectivity index (χ1v) is 8.82. The molecular formula is C16H29N3S. The summed E-state index contributed by atoms with van der Waals surface area (Å²) < 4.78 is 0. The average molecular weight is 295 g/mol. The number of rotatable bonds is 5. The predicted octanol–water partition coefficient (Wildman–Crippen LogP) is 3.62. The summed E-state index contributed by atoms with van der Waals surface area (Å²) >= 11 is 1.88. The maximum atomic E-state index is 4.65. The van der Waals surface area contributed by atoms with Gasteiger partial charge in [-0.25, -0.2) is 4.98 Å². The molecule has 1 aromatic rings. The molecule has 0 saturated carbocycles. The zero-order chi connectivity index (χ0) is 14.8. The van der Waals surface area contributed by atoms with Crippen LogP contribution in [0.4, 0.5) is 0 Å². The number of piperazine rings is 1. The van der Waals surface area contributed by atoms with Gasteiger partial charge < -0.3 is 5.32 Å². The molecule has 0 aromatic carbocycles. The van der Waals surface area contributed by atoms with Gasteiger partial charge in [-0.2, -0.15) is 0 Å². The van der Waals surface area contributed by atoms with Gasteiger partial charge >= 0.3 is 0 Å². The average Bonchev–Trinajstić information content (AvgIpc) is 2.96. The van der Waals surface area contributed by atoms with Crippen LogP contribution in [0.2, 0.25) is 0 Å². The van der Waals surface area contributed by atoms with Gasteiger partial charge in [0, 0.05) is 35.7 Å². The summed E-state index contributed by atoms with van der Waals surface area (Å²) in [6, 6.07) is 1.00. The van der Waals surface area contributed by atoms with E-state index in [0.717, 1.165) is 19.5 Å². The third-order valence-electron chi connectivity index (χ3n) is 4.95. The molecule has 114 valence electrons. The Bertz CT molecular complexity index is 425. The van der Waals surface area contributed by atoms with E-state index in [0.29, 0.717) is 12.1 Å². The van der Waals surface area contributed by atoms with Crippen LogP contribution in [0.5, 0.6) is 0 Å². The van der Waals surface area contributed by atoms with E-state index in [9.17, 15) is 0 Å². The van der Waals surface area contributed by atoms with Crippen molar-refractivity contribution in [2.24, 2.45) is 0 Å². The topological polar surface area (TPSA) is 28.2 Å². The lowest BCUT2D eigenvalue weighted by Crippen LogP contribution is -2.63. The molecule has 1 aromatic heterocycles. The molecule has 0 radical (unpaired) electrons. The number of nitrogens with zero attached hydrogens (tertiary/aromatic N) is 2.